The lowest BCUT2D eigenvalue weighted by Crippen LogP contribution is -2.54. The van der Waals surface area contributed by atoms with E-state index >= 15 is 0 Å². The molecule has 9 nitrogen and oxygen atoms in total. The lowest BCUT2D eigenvalue weighted by molar-refractivity contribution is -0.192. The number of esters is 2. The normalized spacial score (nSPS) is 34.6. The van der Waals surface area contributed by atoms with Crippen molar-refractivity contribution in [2.24, 2.45) is 0 Å². The van der Waals surface area contributed by atoms with Gasteiger partial charge in [0.2, 0.25) is 12.3 Å². The maximum absolute atomic E-state index is 13.8. The lowest BCUT2D eigenvalue weighted by Gasteiger charge is -2.35. The van der Waals surface area contributed by atoms with E-state index in [-0.39, 0.29) is 0 Å². The van der Waals surface area contributed by atoms with Crippen LogP contribution in [0.5, 0.6) is 0 Å². The van der Waals surface area contributed by atoms with Crippen molar-refractivity contribution >= 4 is 29.4 Å². The number of nitrogens with one attached hydrogen (secondary N) is 1. The number of aliphatic hydroxyl groups is 1. The highest BCUT2D eigenvalue weighted by Gasteiger charge is 2.60. The standard InChI is InChI=1S/C14H18ClFN2O7/c1-7(19)23-6-14(5-16)11(24-8(2)20)10(15)12(25-14)18-4-3-9(21)17-13(18)22/h3-4,10-13,22H,5-6H2,1-2H3,(H,17,21)/t10-,11-,12+,13?,14+/m0/s1. The first-order valence-electron chi connectivity index (χ1n) is 7.33. The van der Waals surface area contributed by atoms with E-state index in [0.717, 1.165) is 24.8 Å². The van der Waals surface area contributed by atoms with Gasteiger partial charge in [-0.05, 0) is 0 Å². The second-order valence-corrected chi connectivity index (χ2v) is 6.11. The lowest BCUT2D eigenvalue weighted by atomic mass is 9.98. The van der Waals surface area contributed by atoms with Crippen LogP contribution in [-0.2, 0) is 28.6 Å². The average Bonchev–Trinajstić information content (AvgIpc) is 2.79. The van der Waals surface area contributed by atoms with Gasteiger partial charge in [-0.25, -0.2) is 4.39 Å². The van der Waals surface area contributed by atoms with Crippen LogP contribution in [0, 0.1) is 0 Å². The molecule has 0 saturated carbocycles. The molecule has 2 N–H and O–H groups in total. The van der Waals surface area contributed by atoms with Gasteiger partial charge in [0.25, 0.3) is 0 Å². The highest BCUT2D eigenvalue weighted by atomic mass is 35.5. The third-order valence-corrected chi connectivity index (χ3v) is 4.16. The average molecular weight is 381 g/mol. The predicted octanol–water partition coefficient (Wildman–Crippen LogP) is -0.625. The minimum atomic E-state index is -1.84. The zero-order valence-corrected chi connectivity index (χ0v) is 14.2. The summed E-state index contributed by atoms with van der Waals surface area (Å²) in [4.78, 5) is 34.8. The third-order valence-electron chi connectivity index (χ3n) is 3.72. The minimum Gasteiger partial charge on any atom is -0.463 e. The Balaban J connectivity index is 2.31. The van der Waals surface area contributed by atoms with E-state index in [1.807, 2.05) is 0 Å². The molecule has 1 saturated heterocycles. The fourth-order valence-electron chi connectivity index (χ4n) is 2.58. The molecule has 1 unspecified atom stereocenters. The molecule has 2 aliphatic rings. The van der Waals surface area contributed by atoms with E-state index < -0.39 is 60.8 Å². The third kappa shape index (κ3) is 4.02. The van der Waals surface area contributed by atoms with Crippen molar-refractivity contribution in [1.82, 2.24) is 10.2 Å². The first-order chi connectivity index (χ1) is 11.7. The van der Waals surface area contributed by atoms with Crippen LogP contribution in [0.4, 0.5) is 4.39 Å². The number of halogens is 2. The summed E-state index contributed by atoms with van der Waals surface area (Å²) >= 11 is 6.29. The largest absolute Gasteiger partial charge is 0.463 e. The smallest absolute Gasteiger partial charge is 0.303 e. The zero-order chi connectivity index (χ0) is 18.8. The molecule has 25 heavy (non-hydrogen) atoms. The molecule has 2 heterocycles. The Morgan fingerprint density at radius 1 is 1.48 bits per heavy atom. The molecule has 0 spiro atoms. The number of nitrogens with zero attached hydrogens (tertiary/aromatic N) is 1. The van der Waals surface area contributed by atoms with E-state index in [1.165, 1.54) is 6.20 Å². The molecule has 0 aromatic rings. The fourth-order valence-corrected chi connectivity index (χ4v) is 3.05. The van der Waals surface area contributed by atoms with Crippen molar-refractivity contribution in [2.75, 3.05) is 13.3 Å². The number of aliphatic hydroxyl groups excluding tert-OH is 1. The van der Waals surface area contributed by atoms with Gasteiger partial charge in [0, 0.05) is 26.1 Å². The number of rotatable bonds is 5. The van der Waals surface area contributed by atoms with E-state index in [2.05, 4.69) is 5.32 Å². The van der Waals surface area contributed by atoms with Crippen LogP contribution in [0.3, 0.4) is 0 Å². The van der Waals surface area contributed by atoms with Gasteiger partial charge in [-0.2, -0.15) is 0 Å². The summed E-state index contributed by atoms with van der Waals surface area (Å²) in [5.74, 6) is -1.96. The topological polar surface area (TPSA) is 114 Å². The summed E-state index contributed by atoms with van der Waals surface area (Å²) in [5, 5.41) is 11.1. The predicted molar refractivity (Wildman–Crippen MR) is 80.5 cm³/mol. The Labute approximate surface area is 147 Å². The fraction of sp³-hybridized carbons (Fsp3) is 0.643. The summed E-state index contributed by atoms with van der Waals surface area (Å²) in [6, 6.07) is 0. The summed E-state index contributed by atoms with van der Waals surface area (Å²) in [5.41, 5.74) is -1.84. The Morgan fingerprint density at radius 2 is 2.16 bits per heavy atom. The van der Waals surface area contributed by atoms with Gasteiger partial charge in [-0.1, -0.05) is 0 Å². The SMILES string of the molecule is CC(=O)OC[C@@]1(CF)O[C@@H](N2C=CC(=O)NC2O)[C@@H](Cl)[C@@H]1OC(C)=O. The zero-order valence-electron chi connectivity index (χ0n) is 13.5. The van der Waals surface area contributed by atoms with Crippen LogP contribution in [0.25, 0.3) is 0 Å². The summed E-state index contributed by atoms with van der Waals surface area (Å²) in [6.45, 7) is 0.528. The number of ether oxygens (including phenoxy) is 3. The van der Waals surface area contributed by atoms with Crippen LogP contribution in [0.15, 0.2) is 12.3 Å². The molecule has 11 heteroatoms. The summed E-state index contributed by atoms with van der Waals surface area (Å²) < 4.78 is 29.4. The molecule has 0 aromatic heterocycles. The Morgan fingerprint density at radius 3 is 2.68 bits per heavy atom. The number of alkyl halides is 2. The van der Waals surface area contributed by atoms with Crippen molar-refractivity contribution in [3.8, 4) is 0 Å². The van der Waals surface area contributed by atoms with Crippen LogP contribution in [0.2, 0.25) is 0 Å². The van der Waals surface area contributed by atoms with Crippen LogP contribution in [-0.4, -0.2) is 70.8 Å². The van der Waals surface area contributed by atoms with Gasteiger partial charge >= 0.3 is 11.9 Å². The minimum absolute atomic E-state index is 0.541. The van der Waals surface area contributed by atoms with Gasteiger partial charge in [-0.3, -0.25) is 14.4 Å². The number of amides is 1. The molecule has 1 fully saturated rings. The van der Waals surface area contributed by atoms with E-state index in [1.54, 1.807) is 0 Å². The molecule has 2 rings (SSSR count). The molecular weight excluding hydrogens is 363 g/mol. The van der Waals surface area contributed by atoms with Crippen molar-refractivity contribution in [1.29, 1.82) is 0 Å². The van der Waals surface area contributed by atoms with Crippen molar-refractivity contribution in [2.45, 2.75) is 43.5 Å². The van der Waals surface area contributed by atoms with E-state index in [0.29, 0.717) is 0 Å². The number of hydrogen-bond acceptors (Lipinski definition) is 8. The molecule has 5 atom stereocenters. The Kier molecular flexibility index (Phi) is 5.86. The molecule has 140 valence electrons. The molecule has 0 radical (unpaired) electrons. The van der Waals surface area contributed by atoms with Crippen LogP contribution >= 0.6 is 11.6 Å². The molecular formula is C14H18ClFN2O7. The Hall–Kier alpha value is -1.91. The van der Waals surface area contributed by atoms with Crippen LogP contribution < -0.4 is 5.32 Å². The summed E-state index contributed by atoms with van der Waals surface area (Å²) in [6.07, 6.45) is -1.61. The highest BCUT2D eigenvalue weighted by Crippen LogP contribution is 2.40. The van der Waals surface area contributed by atoms with Gasteiger partial charge < -0.3 is 29.5 Å². The van der Waals surface area contributed by atoms with Gasteiger partial charge in [0.15, 0.2) is 17.9 Å². The molecule has 0 bridgehead atoms. The number of hydrogen-bond donors (Lipinski definition) is 2. The first kappa shape index (κ1) is 19.4. The van der Waals surface area contributed by atoms with E-state index in [9.17, 15) is 23.9 Å². The van der Waals surface area contributed by atoms with Crippen molar-refractivity contribution in [3.63, 3.8) is 0 Å². The molecule has 1 amide bonds. The molecule has 0 aliphatic carbocycles. The monoisotopic (exact) mass is 380 g/mol. The number of carbonyl (C=O) groups excluding carboxylic acids is 3. The maximum atomic E-state index is 13.8. The van der Waals surface area contributed by atoms with Crippen LogP contribution in [0.1, 0.15) is 13.8 Å². The first-order valence-corrected chi connectivity index (χ1v) is 7.76. The molecule has 2 aliphatic heterocycles. The number of carbonyl (C=O) groups is 3. The molecule has 0 aromatic carbocycles. The quantitative estimate of drug-likeness (QED) is 0.479. The second-order valence-electron chi connectivity index (χ2n) is 5.61. The second kappa shape index (κ2) is 7.54. The van der Waals surface area contributed by atoms with Crippen molar-refractivity contribution < 1.29 is 38.1 Å². The van der Waals surface area contributed by atoms with Gasteiger partial charge in [0.1, 0.15) is 18.7 Å². The highest BCUT2D eigenvalue weighted by molar-refractivity contribution is 6.21. The van der Waals surface area contributed by atoms with E-state index in [4.69, 9.17) is 25.8 Å². The summed E-state index contributed by atoms with van der Waals surface area (Å²) in [7, 11) is 0. The van der Waals surface area contributed by atoms with Gasteiger partial charge in [0.05, 0.1) is 0 Å². The maximum Gasteiger partial charge on any atom is 0.303 e. The Bertz CT molecular complexity index is 590. The van der Waals surface area contributed by atoms with Crippen molar-refractivity contribution in [3.05, 3.63) is 12.3 Å². The van der Waals surface area contributed by atoms with Gasteiger partial charge in [-0.15, -0.1) is 11.6 Å².